The molecular formula is C12H15N3S. The van der Waals surface area contributed by atoms with Crippen molar-refractivity contribution in [3.8, 4) is 0 Å². The molecule has 0 saturated heterocycles. The van der Waals surface area contributed by atoms with Crippen molar-refractivity contribution in [2.45, 2.75) is 11.4 Å². The summed E-state index contributed by atoms with van der Waals surface area (Å²) in [5.74, 6) is 0. The van der Waals surface area contributed by atoms with E-state index in [1.54, 1.807) is 18.0 Å². The molecule has 1 N–H and O–H groups in total. The largest absolute Gasteiger partial charge is 0.369 e. The van der Waals surface area contributed by atoms with Crippen molar-refractivity contribution in [1.29, 1.82) is 0 Å². The molecule has 0 fully saturated rings. The van der Waals surface area contributed by atoms with Crippen molar-refractivity contribution < 1.29 is 0 Å². The lowest BCUT2D eigenvalue weighted by Gasteiger charge is -2.18. The Morgan fingerprint density at radius 3 is 2.94 bits per heavy atom. The number of benzene rings is 1. The Morgan fingerprint density at radius 1 is 1.38 bits per heavy atom. The van der Waals surface area contributed by atoms with E-state index in [4.69, 9.17) is 0 Å². The zero-order valence-corrected chi connectivity index (χ0v) is 10.3. The molecule has 0 bridgehead atoms. The lowest BCUT2D eigenvalue weighted by molar-refractivity contribution is 0.868. The maximum absolute atomic E-state index is 3.95. The highest BCUT2D eigenvalue weighted by atomic mass is 32.2. The summed E-state index contributed by atoms with van der Waals surface area (Å²) in [6, 6.07) is 10.5. The SMILES string of the molecule is CSc1cccc(N(C)Cc2ccn[nH]2)c1. The Hall–Kier alpha value is -1.42. The van der Waals surface area contributed by atoms with Crippen molar-refractivity contribution >= 4 is 17.4 Å². The molecule has 16 heavy (non-hydrogen) atoms. The van der Waals surface area contributed by atoms with E-state index in [1.807, 2.05) is 6.07 Å². The summed E-state index contributed by atoms with van der Waals surface area (Å²) in [7, 11) is 2.08. The molecule has 3 nitrogen and oxygen atoms in total. The monoisotopic (exact) mass is 233 g/mol. The zero-order valence-electron chi connectivity index (χ0n) is 9.47. The second-order valence-electron chi connectivity index (χ2n) is 3.64. The fourth-order valence-corrected chi connectivity index (χ4v) is 2.02. The summed E-state index contributed by atoms with van der Waals surface area (Å²) in [4.78, 5) is 3.49. The quantitative estimate of drug-likeness (QED) is 0.824. The van der Waals surface area contributed by atoms with Crippen LogP contribution >= 0.6 is 11.8 Å². The number of nitrogens with zero attached hydrogens (tertiary/aromatic N) is 2. The van der Waals surface area contributed by atoms with Gasteiger partial charge in [0.15, 0.2) is 0 Å². The third kappa shape index (κ3) is 2.58. The highest BCUT2D eigenvalue weighted by Crippen LogP contribution is 2.22. The molecule has 0 saturated carbocycles. The summed E-state index contributed by atoms with van der Waals surface area (Å²) in [5, 5.41) is 6.92. The van der Waals surface area contributed by atoms with E-state index in [9.17, 15) is 0 Å². The molecule has 1 aromatic carbocycles. The second-order valence-corrected chi connectivity index (χ2v) is 4.52. The van der Waals surface area contributed by atoms with Gasteiger partial charge in [-0.1, -0.05) is 6.07 Å². The summed E-state index contributed by atoms with van der Waals surface area (Å²) in [6.07, 6.45) is 3.87. The van der Waals surface area contributed by atoms with Crippen molar-refractivity contribution in [2.75, 3.05) is 18.2 Å². The molecule has 0 spiro atoms. The van der Waals surface area contributed by atoms with E-state index in [0.29, 0.717) is 0 Å². The summed E-state index contributed by atoms with van der Waals surface area (Å²) >= 11 is 1.76. The number of anilines is 1. The maximum Gasteiger partial charge on any atom is 0.0593 e. The maximum atomic E-state index is 3.95. The summed E-state index contributed by atoms with van der Waals surface area (Å²) in [6.45, 7) is 0.845. The standard InChI is InChI=1S/C12H15N3S/c1-15(9-10-6-7-13-14-10)11-4-3-5-12(8-11)16-2/h3-8H,9H2,1-2H3,(H,13,14). The topological polar surface area (TPSA) is 31.9 Å². The first-order valence-electron chi connectivity index (χ1n) is 5.13. The number of rotatable bonds is 4. The van der Waals surface area contributed by atoms with Crippen molar-refractivity contribution in [1.82, 2.24) is 10.2 Å². The first kappa shape index (κ1) is 11.1. The van der Waals surface area contributed by atoms with Gasteiger partial charge in [-0.15, -0.1) is 11.8 Å². The normalized spacial score (nSPS) is 10.4. The molecule has 0 aliphatic rings. The number of hydrogen-bond acceptors (Lipinski definition) is 3. The van der Waals surface area contributed by atoms with Gasteiger partial charge in [0.25, 0.3) is 0 Å². The van der Waals surface area contributed by atoms with Crippen molar-refractivity contribution in [3.05, 3.63) is 42.2 Å². The van der Waals surface area contributed by atoms with Gasteiger partial charge < -0.3 is 4.90 Å². The van der Waals surface area contributed by atoms with Gasteiger partial charge in [-0.05, 0) is 30.5 Å². The average Bonchev–Trinajstić information content (AvgIpc) is 2.82. The molecular weight excluding hydrogens is 218 g/mol. The zero-order chi connectivity index (χ0) is 11.4. The van der Waals surface area contributed by atoms with Crippen molar-refractivity contribution in [3.63, 3.8) is 0 Å². The predicted molar refractivity (Wildman–Crippen MR) is 68.9 cm³/mol. The van der Waals surface area contributed by atoms with Gasteiger partial charge >= 0.3 is 0 Å². The smallest absolute Gasteiger partial charge is 0.0593 e. The van der Waals surface area contributed by atoms with Crippen molar-refractivity contribution in [2.24, 2.45) is 0 Å². The van der Waals surface area contributed by atoms with Gasteiger partial charge in [0.1, 0.15) is 0 Å². The van der Waals surface area contributed by atoms with E-state index in [0.717, 1.165) is 12.2 Å². The van der Waals surface area contributed by atoms with E-state index >= 15 is 0 Å². The van der Waals surface area contributed by atoms with Crippen LogP contribution in [0, 0.1) is 0 Å². The first-order chi connectivity index (χ1) is 7.79. The number of aromatic amines is 1. The Labute approximate surface area is 99.9 Å². The minimum absolute atomic E-state index is 0.845. The molecule has 0 atom stereocenters. The average molecular weight is 233 g/mol. The minimum atomic E-state index is 0.845. The van der Waals surface area contributed by atoms with Crippen LogP contribution in [0.25, 0.3) is 0 Å². The van der Waals surface area contributed by atoms with Gasteiger partial charge in [0.05, 0.1) is 12.2 Å². The van der Waals surface area contributed by atoms with Crippen LogP contribution in [0.3, 0.4) is 0 Å². The number of hydrogen-bond donors (Lipinski definition) is 1. The predicted octanol–water partition coefficient (Wildman–Crippen LogP) is 2.77. The van der Waals surface area contributed by atoms with Crippen LogP contribution < -0.4 is 4.90 Å². The molecule has 84 valence electrons. The highest BCUT2D eigenvalue weighted by Gasteiger charge is 2.03. The Kier molecular flexibility index (Phi) is 3.51. The molecule has 2 rings (SSSR count). The lowest BCUT2D eigenvalue weighted by Crippen LogP contribution is -2.16. The third-order valence-corrected chi connectivity index (χ3v) is 3.19. The van der Waals surface area contributed by atoms with Crippen LogP contribution in [-0.2, 0) is 6.54 Å². The van der Waals surface area contributed by atoms with Gasteiger partial charge in [0, 0.05) is 23.8 Å². The Bertz CT molecular complexity index is 439. The molecule has 1 aromatic heterocycles. The van der Waals surface area contributed by atoms with E-state index < -0.39 is 0 Å². The fourth-order valence-electron chi connectivity index (χ4n) is 1.57. The fraction of sp³-hybridized carbons (Fsp3) is 0.250. The van der Waals surface area contributed by atoms with Crippen LogP contribution in [0.2, 0.25) is 0 Å². The van der Waals surface area contributed by atoms with Crippen LogP contribution in [-0.4, -0.2) is 23.5 Å². The third-order valence-electron chi connectivity index (χ3n) is 2.46. The van der Waals surface area contributed by atoms with Crippen LogP contribution in [0.1, 0.15) is 5.69 Å². The van der Waals surface area contributed by atoms with Crippen LogP contribution in [0.4, 0.5) is 5.69 Å². The highest BCUT2D eigenvalue weighted by molar-refractivity contribution is 7.98. The van der Waals surface area contributed by atoms with E-state index in [2.05, 4.69) is 52.7 Å². The molecule has 0 radical (unpaired) electrons. The number of nitrogens with one attached hydrogen (secondary N) is 1. The Balaban J connectivity index is 2.11. The molecule has 0 unspecified atom stereocenters. The molecule has 4 heteroatoms. The van der Waals surface area contributed by atoms with Gasteiger partial charge in [-0.25, -0.2) is 0 Å². The van der Waals surface area contributed by atoms with E-state index in [1.165, 1.54) is 10.6 Å². The molecule has 1 heterocycles. The lowest BCUT2D eigenvalue weighted by atomic mass is 10.3. The molecule has 0 aliphatic carbocycles. The van der Waals surface area contributed by atoms with Crippen LogP contribution in [0.15, 0.2) is 41.4 Å². The summed E-state index contributed by atoms with van der Waals surface area (Å²) < 4.78 is 0. The molecule has 0 aliphatic heterocycles. The first-order valence-corrected chi connectivity index (χ1v) is 6.35. The second kappa shape index (κ2) is 5.07. The number of aromatic nitrogens is 2. The number of H-pyrrole nitrogens is 1. The summed E-state index contributed by atoms with van der Waals surface area (Å²) in [5.41, 5.74) is 2.35. The number of thioether (sulfide) groups is 1. The van der Waals surface area contributed by atoms with E-state index in [-0.39, 0.29) is 0 Å². The molecule has 2 aromatic rings. The van der Waals surface area contributed by atoms with Gasteiger partial charge in [-0.3, -0.25) is 5.10 Å². The molecule has 0 amide bonds. The van der Waals surface area contributed by atoms with Crippen LogP contribution in [0.5, 0.6) is 0 Å². The van der Waals surface area contributed by atoms with Gasteiger partial charge in [0.2, 0.25) is 0 Å². The Morgan fingerprint density at radius 2 is 2.25 bits per heavy atom. The van der Waals surface area contributed by atoms with Gasteiger partial charge in [-0.2, -0.15) is 5.10 Å². The minimum Gasteiger partial charge on any atom is -0.369 e.